The number of aryl methyl sites for hydroxylation is 2. The first-order valence-electron chi connectivity index (χ1n) is 6.82. The Morgan fingerprint density at radius 3 is 3.00 bits per heavy atom. The number of nitrogens with zero attached hydrogens (tertiary/aromatic N) is 1. The molecular formula is C16H20N2. The van der Waals surface area contributed by atoms with Crippen molar-refractivity contribution < 1.29 is 0 Å². The third-order valence-electron chi connectivity index (χ3n) is 3.86. The van der Waals surface area contributed by atoms with Crippen LogP contribution in [0.15, 0.2) is 42.7 Å². The van der Waals surface area contributed by atoms with E-state index in [2.05, 4.69) is 59.5 Å². The molecule has 2 heteroatoms. The van der Waals surface area contributed by atoms with Gasteiger partial charge >= 0.3 is 0 Å². The molecule has 3 rings (SSSR count). The Balaban J connectivity index is 1.65. The molecule has 0 spiro atoms. The second-order valence-electron chi connectivity index (χ2n) is 5.02. The summed E-state index contributed by atoms with van der Waals surface area (Å²) in [6, 6.07) is 11.5. The molecule has 0 bridgehead atoms. The highest BCUT2D eigenvalue weighted by Gasteiger charge is 2.20. The minimum atomic E-state index is 0.533. The van der Waals surface area contributed by atoms with E-state index in [-0.39, 0.29) is 0 Å². The van der Waals surface area contributed by atoms with Crippen molar-refractivity contribution in [3.05, 3.63) is 59.4 Å². The van der Waals surface area contributed by atoms with Gasteiger partial charge in [0.25, 0.3) is 0 Å². The van der Waals surface area contributed by atoms with Crippen molar-refractivity contribution in [2.75, 3.05) is 0 Å². The largest absolute Gasteiger partial charge is 0.354 e. The molecule has 1 aromatic heterocycles. The van der Waals surface area contributed by atoms with Crippen molar-refractivity contribution >= 4 is 0 Å². The van der Waals surface area contributed by atoms with E-state index in [1.165, 1.54) is 29.5 Å². The summed E-state index contributed by atoms with van der Waals surface area (Å²) in [5.41, 5.74) is 4.38. The molecule has 1 N–H and O–H groups in total. The summed E-state index contributed by atoms with van der Waals surface area (Å²) in [6.45, 7) is 4.18. The quantitative estimate of drug-likeness (QED) is 0.867. The van der Waals surface area contributed by atoms with E-state index in [4.69, 9.17) is 0 Å². The third kappa shape index (κ3) is 2.21. The smallest absolute Gasteiger partial charge is 0.0329 e. The fourth-order valence-electron chi connectivity index (χ4n) is 2.80. The van der Waals surface area contributed by atoms with E-state index >= 15 is 0 Å². The monoisotopic (exact) mass is 240 g/mol. The van der Waals surface area contributed by atoms with Crippen LogP contribution in [0.25, 0.3) is 0 Å². The highest BCUT2D eigenvalue weighted by Crippen LogP contribution is 2.30. The molecular weight excluding hydrogens is 220 g/mol. The molecule has 0 fully saturated rings. The fourth-order valence-corrected chi connectivity index (χ4v) is 2.80. The number of hydrogen-bond donors (Lipinski definition) is 1. The lowest BCUT2D eigenvalue weighted by Crippen LogP contribution is -2.18. The van der Waals surface area contributed by atoms with Gasteiger partial charge in [-0.05, 0) is 42.5 Å². The van der Waals surface area contributed by atoms with Crippen molar-refractivity contribution in [3.8, 4) is 0 Å². The Hall–Kier alpha value is -1.54. The highest BCUT2D eigenvalue weighted by molar-refractivity contribution is 5.34. The van der Waals surface area contributed by atoms with Crippen LogP contribution in [0.5, 0.6) is 0 Å². The lowest BCUT2D eigenvalue weighted by Gasteiger charge is -2.13. The summed E-state index contributed by atoms with van der Waals surface area (Å²) in [7, 11) is 0. The average molecular weight is 240 g/mol. The molecule has 1 atom stereocenters. The molecule has 1 aliphatic carbocycles. The first-order chi connectivity index (χ1) is 8.86. The van der Waals surface area contributed by atoms with Crippen LogP contribution < -0.4 is 5.32 Å². The maximum atomic E-state index is 3.68. The molecule has 0 saturated heterocycles. The molecule has 1 heterocycles. The summed E-state index contributed by atoms with van der Waals surface area (Å²) < 4.78 is 2.22. The topological polar surface area (TPSA) is 17.0 Å². The van der Waals surface area contributed by atoms with Gasteiger partial charge in [0.15, 0.2) is 0 Å². The van der Waals surface area contributed by atoms with E-state index in [9.17, 15) is 0 Å². The molecule has 94 valence electrons. The Bertz CT molecular complexity index is 527. The van der Waals surface area contributed by atoms with Crippen molar-refractivity contribution in [3.63, 3.8) is 0 Å². The zero-order valence-corrected chi connectivity index (χ0v) is 10.9. The number of benzene rings is 1. The van der Waals surface area contributed by atoms with Gasteiger partial charge in [0, 0.05) is 31.5 Å². The zero-order valence-electron chi connectivity index (χ0n) is 10.9. The fraction of sp³-hybridized carbons (Fsp3) is 0.375. The normalized spacial score (nSPS) is 17.9. The van der Waals surface area contributed by atoms with Crippen molar-refractivity contribution in [2.24, 2.45) is 0 Å². The van der Waals surface area contributed by atoms with Gasteiger partial charge in [-0.1, -0.05) is 24.3 Å². The molecule has 2 nitrogen and oxygen atoms in total. The molecule has 0 aliphatic heterocycles. The third-order valence-corrected chi connectivity index (χ3v) is 3.86. The number of rotatable bonds is 4. The lowest BCUT2D eigenvalue weighted by molar-refractivity contribution is 0.530. The molecule has 2 aromatic rings. The summed E-state index contributed by atoms with van der Waals surface area (Å²) in [4.78, 5) is 0. The lowest BCUT2D eigenvalue weighted by atomic mass is 10.1. The van der Waals surface area contributed by atoms with Crippen molar-refractivity contribution in [1.82, 2.24) is 9.88 Å². The summed E-state index contributed by atoms with van der Waals surface area (Å²) in [5, 5.41) is 3.68. The van der Waals surface area contributed by atoms with Gasteiger partial charge in [-0.15, -0.1) is 0 Å². The number of nitrogens with one attached hydrogen (secondary N) is 1. The molecule has 1 aromatic carbocycles. The van der Waals surface area contributed by atoms with Crippen LogP contribution in [-0.4, -0.2) is 4.57 Å². The minimum absolute atomic E-state index is 0.533. The Kier molecular flexibility index (Phi) is 3.20. The maximum absolute atomic E-state index is 3.68. The van der Waals surface area contributed by atoms with Crippen LogP contribution >= 0.6 is 0 Å². The Labute approximate surface area is 109 Å². The van der Waals surface area contributed by atoms with Gasteiger partial charge < -0.3 is 9.88 Å². The van der Waals surface area contributed by atoms with E-state index in [0.29, 0.717) is 6.04 Å². The molecule has 1 aliphatic rings. The first-order valence-corrected chi connectivity index (χ1v) is 6.82. The van der Waals surface area contributed by atoms with E-state index in [1.807, 2.05) is 0 Å². The SMILES string of the molecule is CCn1ccc(CNC2CCc3ccccc32)c1. The summed E-state index contributed by atoms with van der Waals surface area (Å²) >= 11 is 0. The summed E-state index contributed by atoms with van der Waals surface area (Å²) in [5.74, 6) is 0. The van der Waals surface area contributed by atoms with Crippen molar-refractivity contribution in [1.29, 1.82) is 0 Å². The van der Waals surface area contributed by atoms with Crippen LogP contribution in [0.1, 0.15) is 36.1 Å². The van der Waals surface area contributed by atoms with Crippen LogP contribution in [0, 0.1) is 0 Å². The van der Waals surface area contributed by atoms with Crippen molar-refractivity contribution in [2.45, 2.75) is 38.9 Å². The molecule has 0 saturated carbocycles. The highest BCUT2D eigenvalue weighted by atomic mass is 15.0. The predicted octanol–water partition coefficient (Wildman–Crippen LogP) is 3.29. The second-order valence-corrected chi connectivity index (χ2v) is 5.02. The Morgan fingerprint density at radius 2 is 2.17 bits per heavy atom. The van der Waals surface area contributed by atoms with Crippen LogP contribution in [0.4, 0.5) is 0 Å². The molecule has 0 radical (unpaired) electrons. The molecule has 0 amide bonds. The predicted molar refractivity (Wildman–Crippen MR) is 74.4 cm³/mol. The van der Waals surface area contributed by atoms with E-state index in [1.54, 1.807) is 0 Å². The number of hydrogen-bond acceptors (Lipinski definition) is 1. The van der Waals surface area contributed by atoms with Crippen LogP contribution in [-0.2, 0) is 19.5 Å². The number of fused-ring (bicyclic) bond motifs is 1. The maximum Gasteiger partial charge on any atom is 0.0329 e. The van der Waals surface area contributed by atoms with Gasteiger partial charge in [0.2, 0.25) is 0 Å². The van der Waals surface area contributed by atoms with Crippen LogP contribution in [0.3, 0.4) is 0 Å². The Morgan fingerprint density at radius 1 is 1.28 bits per heavy atom. The molecule has 18 heavy (non-hydrogen) atoms. The average Bonchev–Trinajstić information content (AvgIpc) is 3.03. The second kappa shape index (κ2) is 4.99. The minimum Gasteiger partial charge on any atom is -0.354 e. The summed E-state index contributed by atoms with van der Waals surface area (Å²) in [6.07, 6.45) is 6.82. The van der Waals surface area contributed by atoms with Gasteiger partial charge in [-0.25, -0.2) is 0 Å². The van der Waals surface area contributed by atoms with E-state index < -0.39 is 0 Å². The zero-order chi connectivity index (χ0) is 12.4. The van der Waals surface area contributed by atoms with Crippen LogP contribution in [0.2, 0.25) is 0 Å². The van der Waals surface area contributed by atoms with E-state index in [0.717, 1.165) is 13.1 Å². The van der Waals surface area contributed by atoms with Gasteiger partial charge in [0.05, 0.1) is 0 Å². The standard InChI is InChI=1S/C16H20N2/c1-2-18-10-9-13(12-18)11-17-16-8-7-14-5-3-4-6-15(14)16/h3-6,9-10,12,16-17H,2,7-8,11H2,1H3. The van der Waals surface area contributed by atoms with Gasteiger partial charge in [-0.2, -0.15) is 0 Å². The van der Waals surface area contributed by atoms with Gasteiger partial charge in [-0.3, -0.25) is 0 Å². The number of aromatic nitrogens is 1. The first kappa shape index (κ1) is 11.5. The molecule has 1 unspecified atom stereocenters. The van der Waals surface area contributed by atoms with Gasteiger partial charge in [0.1, 0.15) is 0 Å².